The van der Waals surface area contributed by atoms with E-state index < -0.39 is 66.3 Å². The third-order valence-corrected chi connectivity index (χ3v) is 4.45. The lowest BCUT2D eigenvalue weighted by Gasteiger charge is -2.35. The Morgan fingerprint density at radius 1 is 1.21 bits per heavy atom. The predicted molar refractivity (Wildman–Crippen MR) is 108 cm³/mol. The van der Waals surface area contributed by atoms with Crippen LogP contribution in [0.3, 0.4) is 0 Å². The maximum absolute atomic E-state index is 12.5. The maximum atomic E-state index is 12.5. The molecule has 1 aromatic rings. The lowest BCUT2D eigenvalue weighted by Crippen LogP contribution is -2.57. The van der Waals surface area contributed by atoms with Crippen molar-refractivity contribution in [3.05, 3.63) is 22.7 Å². The summed E-state index contributed by atoms with van der Waals surface area (Å²) in [5, 5.41) is 0. The molecule has 13 nitrogen and oxygen atoms in total. The molecule has 1 fully saturated rings. The fraction of sp³-hybridized carbons (Fsp3) is 0.500. The number of ether oxygens (including phenoxy) is 5. The highest BCUT2D eigenvalue weighted by atomic mass is 16.7. The Hall–Kier alpha value is -3.92. The Morgan fingerprint density at radius 2 is 1.88 bits per heavy atom. The predicted octanol–water partition coefficient (Wildman–Crippen LogP) is -0.915. The number of hydrogen-bond donors (Lipinski definition) is 1. The molecular formula is C20H23N3O10. The molecule has 1 aliphatic heterocycles. The molecule has 0 radical (unpaired) electrons. The molecule has 1 aliphatic rings. The molecule has 1 aromatic heterocycles. The van der Waals surface area contributed by atoms with E-state index >= 15 is 0 Å². The van der Waals surface area contributed by atoms with E-state index in [-0.39, 0.29) is 5.82 Å². The molecule has 0 spiro atoms. The Labute approximate surface area is 188 Å². The first-order valence-corrected chi connectivity index (χ1v) is 9.56. The van der Waals surface area contributed by atoms with Gasteiger partial charge in [0.05, 0.1) is 0 Å². The molecule has 2 rings (SSSR count). The SMILES string of the molecule is C#C[C@@]1(OC(C)=O)[C@@H]([C@@H](COC(C)=O)OC(C)=O)O[C@@H](n2ccc(N)nc2=O)[C@@H]1OC(C)=O. The third kappa shape index (κ3) is 5.66. The Balaban J connectivity index is 2.71. The standard InChI is InChI=1S/C20H23N3O10/c1-6-20(33-13(5)27)16(14(30-11(3)25)9-29-10(2)24)32-18(17(20)31-12(4)26)23-8-7-15(21)22-19(23)28/h1,7-8,14,16-18H,9H2,2-5H3,(H2,21,22,28)/t14-,16-,17+,18-,20-/m1/s1. The molecule has 0 bridgehead atoms. The third-order valence-electron chi connectivity index (χ3n) is 4.45. The monoisotopic (exact) mass is 465 g/mol. The normalized spacial score (nSPS) is 24.8. The number of esters is 4. The lowest BCUT2D eigenvalue weighted by atomic mass is 9.89. The highest BCUT2D eigenvalue weighted by molar-refractivity contribution is 5.69. The summed E-state index contributed by atoms with van der Waals surface area (Å²) in [5.41, 5.74) is 2.44. The van der Waals surface area contributed by atoms with E-state index in [1.54, 1.807) is 0 Å². The number of carbonyl (C=O) groups is 4. The van der Waals surface area contributed by atoms with Gasteiger partial charge in [0.15, 0.2) is 18.4 Å². The maximum Gasteiger partial charge on any atom is 0.351 e. The van der Waals surface area contributed by atoms with E-state index in [0.29, 0.717) is 0 Å². The average molecular weight is 465 g/mol. The van der Waals surface area contributed by atoms with Crippen LogP contribution in [0.2, 0.25) is 0 Å². The molecule has 1 saturated heterocycles. The first kappa shape index (κ1) is 25.3. The minimum atomic E-state index is -2.19. The van der Waals surface area contributed by atoms with Crippen molar-refractivity contribution in [2.24, 2.45) is 0 Å². The van der Waals surface area contributed by atoms with Crippen LogP contribution in [0.5, 0.6) is 0 Å². The van der Waals surface area contributed by atoms with Crippen LogP contribution < -0.4 is 11.4 Å². The molecule has 2 N–H and O–H groups in total. The van der Waals surface area contributed by atoms with Gasteiger partial charge >= 0.3 is 29.6 Å². The lowest BCUT2D eigenvalue weighted by molar-refractivity contribution is -0.187. The summed E-state index contributed by atoms with van der Waals surface area (Å²) in [5.74, 6) is -1.10. The van der Waals surface area contributed by atoms with Gasteiger partial charge in [-0.1, -0.05) is 5.92 Å². The molecule has 0 saturated carbocycles. The van der Waals surface area contributed by atoms with Crippen LogP contribution in [0.1, 0.15) is 33.9 Å². The van der Waals surface area contributed by atoms with Crippen LogP contribution in [0.25, 0.3) is 0 Å². The summed E-state index contributed by atoms with van der Waals surface area (Å²) in [6.07, 6.45) is 0.915. The van der Waals surface area contributed by atoms with E-state index in [1.807, 2.05) is 0 Å². The minimum absolute atomic E-state index is 0.0920. The molecular weight excluding hydrogens is 442 g/mol. The van der Waals surface area contributed by atoms with Gasteiger partial charge in [-0.2, -0.15) is 4.98 Å². The van der Waals surface area contributed by atoms with Crippen molar-refractivity contribution in [2.75, 3.05) is 12.3 Å². The topological polar surface area (TPSA) is 175 Å². The highest BCUT2D eigenvalue weighted by Gasteiger charge is 2.65. The molecule has 0 amide bonds. The zero-order valence-electron chi connectivity index (χ0n) is 18.3. The van der Waals surface area contributed by atoms with Crippen molar-refractivity contribution in [1.82, 2.24) is 9.55 Å². The molecule has 13 heteroatoms. The zero-order valence-corrected chi connectivity index (χ0v) is 18.3. The van der Waals surface area contributed by atoms with E-state index in [9.17, 15) is 24.0 Å². The van der Waals surface area contributed by atoms with Crippen molar-refractivity contribution in [2.45, 2.75) is 57.8 Å². The Bertz CT molecular complexity index is 1050. The average Bonchev–Trinajstić information content (AvgIpc) is 2.98. The molecule has 5 atom stereocenters. The summed E-state index contributed by atoms with van der Waals surface area (Å²) in [6, 6.07) is 1.27. The molecule has 0 unspecified atom stereocenters. The van der Waals surface area contributed by atoms with E-state index in [2.05, 4.69) is 10.9 Å². The van der Waals surface area contributed by atoms with Gasteiger partial charge in [0, 0.05) is 33.9 Å². The summed E-state index contributed by atoms with van der Waals surface area (Å²) in [6.45, 7) is 3.75. The molecule has 0 aliphatic carbocycles. The second kappa shape index (κ2) is 10.1. The van der Waals surface area contributed by atoms with Gasteiger partial charge in [0.25, 0.3) is 0 Å². The number of anilines is 1. The number of terminal acetylenes is 1. The number of nitrogen functional groups attached to an aromatic ring is 1. The Kier molecular flexibility index (Phi) is 7.78. The smallest absolute Gasteiger partial charge is 0.351 e. The Morgan fingerprint density at radius 3 is 2.36 bits per heavy atom. The first-order chi connectivity index (χ1) is 15.4. The van der Waals surface area contributed by atoms with Crippen LogP contribution in [0, 0.1) is 12.3 Å². The van der Waals surface area contributed by atoms with Crippen LogP contribution in [0.15, 0.2) is 17.1 Å². The number of nitrogens with two attached hydrogens (primary N) is 1. The summed E-state index contributed by atoms with van der Waals surface area (Å²) >= 11 is 0. The van der Waals surface area contributed by atoms with Gasteiger partial charge in [-0.3, -0.25) is 23.7 Å². The van der Waals surface area contributed by atoms with Crippen LogP contribution in [-0.2, 0) is 42.9 Å². The van der Waals surface area contributed by atoms with E-state index in [1.165, 1.54) is 12.3 Å². The van der Waals surface area contributed by atoms with Gasteiger partial charge < -0.3 is 29.4 Å². The van der Waals surface area contributed by atoms with Crippen molar-refractivity contribution >= 4 is 29.7 Å². The molecule has 33 heavy (non-hydrogen) atoms. The van der Waals surface area contributed by atoms with Crippen molar-refractivity contribution in [3.63, 3.8) is 0 Å². The van der Waals surface area contributed by atoms with Crippen LogP contribution >= 0.6 is 0 Å². The number of aromatic nitrogens is 2. The van der Waals surface area contributed by atoms with Crippen molar-refractivity contribution < 1.29 is 42.9 Å². The van der Waals surface area contributed by atoms with Crippen LogP contribution in [-0.4, -0.2) is 63.9 Å². The van der Waals surface area contributed by atoms with Gasteiger partial charge in [-0.25, -0.2) is 4.79 Å². The van der Waals surface area contributed by atoms with Crippen LogP contribution in [0.4, 0.5) is 5.82 Å². The summed E-state index contributed by atoms with van der Waals surface area (Å²) in [7, 11) is 0. The van der Waals surface area contributed by atoms with Gasteiger partial charge in [-0.15, -0.1) is 6.42 Å². The zero-order chi connectivity index (χ0) is 24.9. The quantitative estimate of drug-likeness (QED) is 0.298. The molecule has 178 valence electrons. The number of rotatable bonds is 7. The first-order valence-electron chi connectivity index (χ1n) is 9.56. The largest absolute Gasteiger partial charge is 0.462 e. The van der Waals surface area contributed by atoms with E-state index in [0.717, 1.165) is 32.3 Å². The second-order valence-electron chi connectivity index (χ2n) is 7.00. The fourth-order valence-corrected chi connectivity index (χ4v) is 3.36. The van der Waals surface area contributed by atoms with Crippen molar-refractivity contribution in [3.8, 4) is 12.3 Å². The number of hydrogen-bond acceptors (Lipinski definition) is 12. The van der Waals surface area contributed by atoms with Gasteiger partial charge in [0.1, 0.15) is 12.4 Å². The van der Waals surface area contributed by atoms with Gasteiger partial charge in [-0.05, 0) is 6.07 Å². The minimum Gasteiger partial charge on any atom is -0.462 e. The summed E-state index contributed by atoms with van der Waals surface area (Å²) < 4.78 is 27.7. The molecule has 2 heterocycles. The van der Waals surface area contributed by atoms with E-state index in [4.69, 9.17) is 35.8 Å². The number of carbonyl (C=O) groups excluding carboxylic acids is 4. The second-order valence-corrected chi connectivity index (χ2v) is 7.00. The molecule has 0 aromatic carbocycles. The summed E-state index contributed by atoms with van der Waals surface area (Å²) in [4.78, 5) is 63.1. The van der Waals surface area contributed by atoms with Crippen molar-refractivity contribution in [1.29, 1.82) is 0 Å². The number of nitrogens with zero attached hydrogens (tertiary/aromatic N) is 2. The van der Waals surface area contributed by atoms with Gasteiger partial charge in [0.2, 0.25) is 11.7 Å². The fourth-order valence-electron chi connectivity index (χ4n) is 3.36. The highest BCUT2D eigenvalue weighted by Crippen LogP contribution is 2.43.